The second kappa shape index (κ2) is 9.84. The minimum absolute atomic E-state index is 0.0112. The van der Waals surface area contributed by atoms with Crippen LogP contribution in [0.5, 0.6) is 0 Å². The van der Waals surface area contributed by atoms with E-state index in [1.165, 1.54) is 26.0 Å². The standard InChI is InChI=1S/C19H27N3O6S/c1-12-8-10-16(11-9-12)29(26,27)22-13(2)18(24)28-14(3)17(23)21-19(25)20-15-6-4-5-7-15/h8-11,13-15,22H,4-7H2,1-3H3,(H2,20,21,23,25)/t13-,14-/m0/s1. The molecule has 1 aliphatic carbocycles. The monoisotopic (exact) mass is 425 g/mol. The summed E-state index contributed by atoms with van der Waals surface area (Å²) in [5.41, 5.74) is 0.896. The zero-order valence-electron chi connectivity index (χ0n) is 16.7. The summed E-state index contributed by atoms with van der Waals surface area (Å²) in [6, 6.07) is 4.31. The average molecular weight is 426 g/mol. The van der Waals surface area contributed by atoms with Crippen LogP contribution in [0.3, 0.4) is 0 Å². The van der Waals surface area contributed by atoms with Crippen molar-refractivity contribution in [2.75, 3.05) is 0 Å². The van der Waals surface area contributed by atoms with Gasteiger partial charge in [0.1, 0.15) is 6.04 Å². The van der Waals surface area contributed by atoms with Gasteiger partial charge in [0.05, 0.1) is 4.90 Å². The number of hydrogen-bond donors (Lipinski definition) is 3. The molecule has 0 unspecified atom stereocenters. The number of imide groups is 1. The number of amides is 3. The van der Waals surface area contributed by atoms with Crippen LogP contribution in [0.25, 0.3) is 0 Å². The van der Waals surface area contributed by atoms with Crippen molar-refractivity contribution in [2.24, 2.45) is 0 Å². The van der Waals surface area contributed by atoms with Crippen molar-refractivity contribution in [1.29, 1.82) is 0 Å². The number of sulfonamides is 1. The van der Waals surface area contributed by atoms with Crippen molar-refractivity contribution in [3.63, 3.8) is 0 Å². The van der Waals surface area contributed by atoms with Gasteiger partial charge in [0, 0.05) is 6.04 Å². The molecule has 0 bridgehead atoms. The summed E-state index contributed by atoms with van der Waals surface area (Å²) < 4.78 is 31.9. The highest BCUT2D eigenvalue weighted by Crippen LogP contribution is 2.17. The molecule has 3 amide bonds. The number of nitrogens with one attached hydrogen (secondary N) is 3. The van der Waals surface area contributed by atoms with Gasteiger partial charge in [-0.1, -0.05) is 30.5 Å². The normalized spacial score (nSPS) is 16.7. The van der Waals surface area contributed by atoms with E-state index in [9.17, 15) is 22.8 Å². The van der Waals surface area contributed by atoms with E-state index in [4.69, 9.17) is 4.74 Å². The molecule has 1 saturated carbocycles. The molecule has 160 valence electrons. The Bertz CT molecular complexity index is 847. The molecule has 0 aromatic heterocycles. The molecule has 29 heavy (non-hydrogen) atoms. The van der Waals surface area contributed by atoms with E-state index in [0.29, 0.717) is 0 Å². The van der Waals surface area contributed by atoms with Crippen LogP contribution >= 0.6 is 0 Å². The van der Waals surface area contributed by atoms with E-state index < -0.39 is 40.1 Å². The van der Waals surface area contributed by atoms with Gasteiger partial charge in [0.15, 0.2) is 6.10 Å². The number of urea groups is 1. The van der Waals surface area contributed by atoms with Crippen LogP contribution < -0.4 is 15.4 Å². The van der Waals surface area contributed by atoms with Crippen molar-refractivity contribution in [1.82, 2.24) is 15.4 Å². The number of aryl methyl sites for hydroxylation is 1. The van der Waals surface area contributed by atoms with E-state index in [0.717, 1.165) is 31.2 Å². The lowest BCUT2D eigenvalue weighted by Gasteiger charge is -2.18. The predicted octanol–water partition coefficient (Wildman–Crippen LogP) is 1.36. The van der Waals surface area contributed by atoms with Gasteiger partial charge < -0.3 is 10.1 Å². The topological polar surface area (TPSA) is 131 Å². The zero-order valence-corrected chi connectivity index (χ0v) is 17.5. The number of benzene rings is 1. The van der Waals surface area contributed by atoms with Gasteiger partial charge in [-0.15, -0.1) is 0 Å². The number of esters is 1. The molecule has 9 nitrogen and oxygen atoms in total. The van der Waals surface area contributed by atoms with Gasteiger partial charge >= 0.3 is 12.0 Å². The van der Waals surface area contributed by atoms with Crippen molar-refractivity contribution < 1.29 is 27.5 Å². The molecule has 2 rings (SSSR count). The van der Waals surface area contributed by atoms with E-state index in [2.05, 4.69) is 15.4 Å². The summed E-state index contributed by atoms with van der Waals surface area (Å²) in [4.78, 5) is 36.0. The number of ether oxygens (including phenoxy) is 1. The summed E-state index contributed by atoms with van der Waals surface area (Å²) in [5, 5.41) is 4.82. The summed E-state index contributed by atoms with van der Waals surface area (Å²) in [7, 11) is -3.93. The molecule has 0 saturated heterocycles. The van der Waals surface area contributed by atoms with Crippen molar-refractivity contribution in [3.8, 4) is 0 Å². The zero-order chi connectivity index (χ0) is 21.6. The molecular weight excluding hydrogens is 398 g/mol. The van der Waals surface area contributed by atoms with Crippen LogP contribution in [0.15, 0.2) is 29.2 Å². The predicted molar refractivity (Wildman–Crippen MR) is 105 cm³/mol. The molecule has 2 atom stereocenters. The molecular formula is C19H27N3O6S. The minimum atomic E-state index is -3.93. The van der Waals surface area contributed by atoms with Crippen LogP contribution in [0.2, 0.25) is 0 Å². The van der Waals surface area contributed by atoms with E-state index in [1.807, 2.05) is 6.92 Å². The largest absolute Gasteiger partial charge is 0.451 e. The fourth-order valence-electron chi connectivity index (χ4n) is 2.90. The molecule has 1 aliphatic rings. The summed E-state index contributed by atoms with van der Waals surface area (Å²) in [6.07, 6.45) is 2.53. The molecule has 0 aliphatic heterocycles. The third-order valence-electron chi connectivity index (χ3n) is 4.61. The molecule has 0 spiro atoms. The number of carbonyl (C=O) groups is 3. The van der Waals surface area contributed by atoms with Gasteiger partial charge in [-0.25, -0.2) is 13.2 Å². The summed E-state index contributed by atoms with van der Waals surface area (Å²) in [6.45, 7) is 4.44. The highest BCUT2D eigenvalue weighted by atomic mass is 32.2. The Morgan fingerprint density at radius 3 is 2.24 bits per heavy atom. The van der Waals surface area contributed by atoms with Crippen molar-refractivity contribution in [3.05, 3.63) is 29.8 Å². The molecule has 1 fully saturated rings. The van der Waals surface area contributed by atoms with Crippen LogP contribution in [-0.2, 0) is 24.3 Å². The lowest BCUT2D eigenvalue weighted by atomic mass is 10.2. The number of rotatable bonds is 7. The van der Waals surface area contributed by atoms with E-state index in [1.54, 1.807) is 12.1 Å². The SMILES string of the molecule is Cc1ccc(S(=O)(=O)N[C@@H](C)C(=O)O[C@@H](C)C(=O)NC(=O)NC2CCCC2)cc1. The lowest BCUT2D eigenvalue weighted by molar-refractivity contribution is -0.155. The smallest absolute Gasteiger partial charge is 0.324 e. The lowest BCUT2D eigenvalue weighted by Crippen LogP contribution is -2.48. The first-order chi connectivity index (χ1) is 13.6. The third-order valence-corrected chi connectivity index (χ3v) is 6.16. The van der Waals surface area contributed by atoms with Gasteiger partial charge in [-0.3, -0.25) is 14.9 Å². The Hall–Kier alpha value is -2.46. The number of carbonyl (C=O) groups excluding carboxylic acids is 3. The molecule has 1 aromatic carbocycles. The van der Waals surface area contributed by atoms with Crippen LogP contribution in [0, 0.1) is 6.92 Å². The van der Waals surface area contributed by atoms with Gasteiger partial charge in [0.2, 0.25) is 10.0 Å². The maximum atomic E-state index is 12.3. The Balaban J connectivity index is 1.84. The first-order valence-electron chi connectivity index (χ1n) is 9.49. The quantitative estimate of drug-likeness (QED) is 0.566. The maximum Gasteiger partial charge on any atom is 0.324 e. The highest BCUT2D eigenvalue weighted by molar-refractivity contribution is 7.89. The molecule has 3 N–H and O–H groups in total. The average Bonchev–Trinajstić information content (AvgIpc) is 3.14. The van der Waals surface area contributed by atoms with Crippen LogP contribution in [-0.4, -0.2) is 44.5 Å². The fraction of sp³-hybridized carbons (Fsp3) is 0.526. The van der Waals surface area contributed by atoms with Gasteiger partial charge in [0.25, 0.3) is 5.91 Å². The summed E-state index contributed by atoms with van der Waals surface area (Å²) in [5.74, 6) is -1.72. The van der Waals surface area contributed by atoms with Gasteiger partial charge in [-0.2, -0.15) is 4.72 Å². The van der Waals surface area contributed by atoms with Gasteiger partial charge in [-0.05, 0) is 45.7 Å². The van der Waals surface area contributed by atoms with E-state index in [-0.39, 0.29) is 10.9 Å². The van der Waals surface area contributed by atoms with Crippen LogP contribution in [0.1, 0.15) is 45.1 Å². The van der Waals surface area contributed by atoms with Crippen LogP contribution in [0.4, 0.5) is 4.79 Å². The number of hydrogen-bond acceptors (Lipinski definition) is 6. The minimum Gasteiger partial charge on any atom is -0.451 e. The second-order valence-electron chi connectivity index (χ2n) is 7.18. The van der Waals surface area contributed by atoms with Crippen molar-refractivity contribution >= 4 is 27.9 Å². The molecule has 10 heteroatoms. The molecule has 0 radical (unpaired) electrons. The second-order valence-corrected chi connectivity index (χ2v) is 8.89. The summed E-state index contributed by atoms with van der Waals surface area (Å²) >= 11 is 0. The third kappa shape index (κ3) is 6.82. The Morgan fingerprint density at radius 1 is 1.07 bits per heavy atom. The highest BCUT2D eigenvalue weighted by Gasteiger charge is 2.27. The molecule has 1 aromatic rings. The molecule has 0 heterocycles. The Morgan fingerprint density at radius 2 is 1.66 bits per heavy atom. The Labute approximate surface area is 170 Å². The fourth-order valence-corrected chi connectivity index (χ4v) is 4.09. The van der Waals surface area contributed by atoms with E-state index >= 15 is 0 Å². The Kier molecular flexibility index (Phi) is 7.74. The first kappa shape index (κ1) is 22.8. The van der Waals surface area contributed by atoms with Crippen molar-refractivity contribution in [2.45, 2.75) is 69.5 Å². The maximum absolute atomic E-state index is 12.3. The first-order valence-corrected chi connectivity index (χ1v) is 11.0.